The van der Waals surface area contributed by atoms with Crippen molar-refractivity contribution in [2.45, 2.75) is 85.7 Å². The van der Waals surface area contributed by atoms with Gasteiger partial charge >= 0.3 is 0 Å². The summed E-state index contributed by atoms with van der Waals surface area (Å²) in [6, 6.07) is 10.1. The van der Waals surface area contributed by atoms with Crippen molar-refractivity contribution in [3.05, 3.63) is 71.4 Å². The van der Waals surface area contributed by atoms with Crippen LogP contribution < -0.4 is 10.6 Å². The van der Waals surface area contributed by atoms with Gasteiger partial charge in [-0.2, -0.15) is 10.2 Å². The van der Waals surface area contributed by atoms with Crippen LogP contribution in [0, 0.1) is 6.92 Å². The molecule has 43 heavy (non-hydrogen) atoms. The summed E-state index contributed by atoms with van der Waals surface area (Å²) >= 11 is 0. The third kappa shape index (κ3) is 7.85. The number of hydrogen-bond donors (Lipinski definition) is 2. The maximum absolute atomic E-state index is 12.7. The van der Waals surface area contributed by atoms with Crippen LogP contribution >= 0.6 is 0 Å². The van der Waals surface area contributed by atoms with Gasteiger partial charge in [0, 0.05) is 50.1 Å². The van der Waals surface area contributed by atoms with E-state index in [1.807, 2.05) is 45.9 Å². The lowest BCUT2D eigenvalue weighted by Gasteiger charge is -2.26. The topological polar surface area (TPSA) is 115 Å². The van der Waals surface area contributed by atoms with Crippen molar-refractivity contribution in [2.75, 3.05) is 18.6 Å². The third-order valence-corrected chi connectivity index (χ3v) is 7.31. The van der Waals surface area contributed by atoms with E-state index in [2.05, 4.69) is 68.2 Å². The Morgan fingerprint density at radius 1 is 1.02 bits per heavy atom. The normalized spacial score (nSPS) is 14.3. The van der Waals surface area contributed by atoms with Gasteiger partial charge in [0.2, 0.25) is 0 Å². The van der Waals surface area contributed by atoms with Crippen molar-refractivity contribution in [1.29, 1.82) is 0 Å². The van der Waals surface area contributed by atoms with Crippen LogP contribution in [0.15, 0.2) is 49.1 Å². The number of rotatable bonds is 8. The summed E-state index contributed by atoms with van der Waals surface area (Å²) in [4.78, 5) is 24.0. The molecule has 228 valence electrons. The van der Waals surface area contributed by atoms with Crippen LogP contribution in [0.25, 0.3) is 11.3 Å². The van der Waals surface area contributed by atoms with Gasteiger partial charge in [-0.25, -0.2) is 9.97 Å². The fourth-order valence-electron chi connectivity index (χ4n) is 4.84. The predicted molar refractivity (Wildman–Crippen MR) is 167 cm³/mol. The molecule has 11 nitrogen and oxygen atoms in total. The zero-order chi connectivity index (χ0) is 30.8. The lowest BCUT2D eigenvalue weighted by atomic mass is 10.0. The molecule has 0 unspecified atom stereocenters. The van der Waals surface area contributed by atoms with Crippen LogP contribution in [0.3, 0.4) is 0 Å². The van der Waals surface area contributed by atoms with Crippen LogP contribution in [0.1, 0.15) is 75.1 Å². The minimum absolute atomic E-state index is 0.145. The van der Waals surface area contributed by atoms with Crippen LogP contribution in [0.2, 0.25) is 0 Å². The van der Waals surface area contributed by atoms with Gasteiger partial charge in [-0.15, -0.1) is 0 Å². The number of nitrogens with one attached hydrogen (secondary N) is 2. The molecule has 0 fully saturated rings. The second-order valence-corrected chi connectivity index (χ2v) is 13.1. The zero-order valence-corrected chi connectivity index (χ0v) is 26.3. The van der Waals surface area contributed by atoms with Crippen molar-refractivity contribution in [3.63, 3.8) is 0 Å². The predicted octanol–water partition coefficient (Wildman–Crippen LogP) is 5.25. The maximum Gasteiger partial charge on any atom is 0.254 e. The Labute approximate surface area is 253 Å². The molecule has 2 N–H and O–H groups in total. The van der Waals surface area contributed by atoms with E-state index >= 15 is 0 Å². The molecule has 5 rings (SSSR count). The highest BCUT2D eigenvalue weighted by Gasteiger charge is 2.20. The molecule has 4 aromatic rings. The van der Waals surface area contributed by atoms with Gasteiger partial charge in [0.1, 0.15) is 18.9 Å². The van der Waals surface area contributed by atoms with Crippen molar-refractivity contribution >= 4 is 17.5 Å². The van der Waals surface area contributed by atoms with Crippen molar-refractivity contribution < 1.29 is 9.53 Å². The number of nitrogens with zero attached hydrogens (tertiary/aromatic N) is 7. The summed E-state index contributed by atoms with van der Waals surface area (Å²) in [5.41, 5.74) is 5.22. The number of benzene rings is 1. The molecule has 0 aliphatic carbocycles. The second-order valence-electron chi connectivity index (χ2n) is 13.1. The van der Waals surface area contributed by atoms with Crippen LogP contribution in [-0.2, 0) is 29.9 Å². The van der Waals surface area contributed by atoms with E-state index in [0.717, 1.165) is 60.0 Å². The monoisotopic (exact) mass is 585 g/mol. The Morgan fingerprint density at radius 2 is 1.84 bits per heavy atom. The molecule has 1 aliphatic heterocycles. The zero-order valence-electron chi connectivity index (χ0n) is 26.3. The van der Waals surface area contributed by atoms with Crippen molar-refractivity contribution in [2.24, 2.45) is 0 Å². The Hall–Kier alpha value is -4.09. The molecule has 11 heteroatoms. The number of aromatic nitrogens is 6. The second kappa shape index (κ2) is 12.3. The highest BCUT2D eigenvalue weighted by atomic mass is 16.5. The van der Waals surface area contributed by atoms with Gasteiger partial charge < -0.3 is 15.4 Å². The minimum atomic E-state index is -0.178. The molecular formula is C32H43N9O2. The molecule has 1 aliphatic rings. The number of hydrogen-bond acceptors (Lipinski definition) is 8. The van der Waals surface area contributed by atoms with Crippen molar-refractivity contribution in [3.8, 4) is 11.3 Å². The summed E-state index contributed by atoms with van der Waals surface area (Å²) in [7, 11) is 0. The molecule has 4 heterocycles. The van der Waals surface area contributed by atoms with E-state index in [-0.39, 0.29) is 17.0 Å². The molecule has 0 spiro atoms. The first kappa shape index (κ1) is 30.4. The van der Waals surface area contributed by atoms with E-state index in [4.69, 9.17) is 9.84 Å². The highest BCUT2D eigenvalue weighted by Crippen LogP contribution is 2.25. The molecule has 3 aromatic heterocycles. The first-order valence-corrected chi connectivity index (χ1v) is 14.8. The van der Waals surface area contributed by atoms with E-state index in [1.54, 1.807) is 23.4 Å². The van der Waals surface area contributed by atoms with E-state index < -0.39 is 0 Å². The largest absolute Gasteiger partial charge is 0.360 e. The number of ether oxygens (including phenoxy) is 1. The van der Waals surface area contributed by atoms with Gasteiger partial charge in [0.05, 0.1) is 34.3 Å². The lowest BCUT2D eigenvalue weighted by Crippen LogP contribution is -2.31. The molecule has 0 saturated carbocycles. The van der Waals surface area contributed by atoms with Crippen molar-refractivity contribution in [1.82, 2.24) is 39.7 Å². The number of carbonyl (C=O) groups excluding carboxylic acids is 1. The van der Waals surface area contributed by atoms with Gasteiger partial charge in [0.25, 0.3) is 5.91 Å². The van der Waals surface area contributed by atoms with Gasteiger partial charge in [0.15, 0.2) is 5.82 Å². The standard InChI is InChI=1S/C32H43N9O2/c1-22-13-23(9-10-24(22)16-33-30(42)25-17-36-41(18-25)31(2,3)4)27-15-28(35-20-34-27)37-29-14-26-19-39(21-43-32(5,6)7)11-8-12-40(26)38-29/h9-10,13-15,17-18,20H,8,11-12,16,19,21H2,1-7H3,(H,33,42)(H,34,35,37,38). The summed E-state index contributed by atoms with van der Waals surface area (Å²) in [5.74, 6) is 1.29. The van der Waals surface area contributed by atoms with Crippen LogP contribution in [-0.4, -0.2) is 59.2 Å². The molecule has 0 saturated heterocycles. The smallest absolute Gasteiger partial charge is 0.254 e. The first-order chi connectivity index (χ1) is 20.3. The molecule has 0 atom stereocenters. The Morgan fingerprint density at radius 3 is 2.56 bits per heavy atom. The molecule has 1 amide bonds. The molecular weight excluding hydrogens is 542 g/mol. The summed E-state index contributed by atoms with van der Waals surface area (Å²) in [6.45, 7) is 18.1. The van der Waals surface area contributed by atoms with Gasteiger partial charge in [-0.1, -0.05) is 12.1 Å². The average molecular weight is 586 g/mol. The highest BCUT2D eigenvalue weighted by molar-refractivity contribution is 5.93. The van der Waals surface area contributed by atoms with E-state index in [1.165, 1.54) is 0 Å². The van der Waals surface area contributed by atoms with E-state index in [0.29, 0.717) is 24.7 Å². The number of anilines is 2. The summed E-state index contributed by atoms with van der Waals surface area (Å²) in [6.07, 6.45) is 5.96. The maximum atomic E-state index is 12.7. The quantitative estimate of drug-likeness (QED) is 0.288. The lowest BCUT2D eigenvalue weighted by molar-refractivity contribution is -0.0656. The van der Waals surface area contributed by atoms with E-state index in [9.17, 15) is 4.79 Å². The molecule has 0 bridgehead atoms. The van der Waals surface area contributed by atoms with Crippen LogP contribution in [0.5, 0.6) is 0 Å². The third-order valence-electron chi connectivity index (χ3n) is 7.31. The number of carbonyl (C=O) groups is 1. The molecule has 1 aromatic carbocycles. The number of amides is 1. The summed E-state index contributed by atoms with van der Waals surface area (Å²) in [5, 5.41) is 15.5. The minimum Gasteiger partial charge on any atom is -0.360 e. The Bertz CT molecular complexity index is 1580. The van der Waals surface area contributed by atoms with Crippen LogP contribution in [0.4, 0.5) is 11.6 Å². The molecule has 0 radical (unpaired) electrons. The SMILES string of the molecule is Cc1cc(-c2cc(Nc3cc4n(n3)CCCN(COC(C)(C)C)C4)ncn2)ccc1CNC(=O)c1cnn(C(C)(C)C)c1. The average Bonchev–Trinajstić information content (AvgIpc) is 3.54. The summed E-state index contributed by atoms with van der Waals surface area (Å²) < 4.78 is 9.88. The number of aryl methyl sites for hydroxylation is 2. The van der Waals surface area contributed by atoms with Gasteiger partial charge in [-0.3, -0.25) is 19.1 Å². The fourth-order valence-corrected chi connectivity index (χ4v) is 4.84. The fraction of sp³-hybridized carbons (Fsp3) is 0.469. The Balaban J connectivity index is 1.22. The Kier molecular flexibility index (Phi) is 8.66. The number of fused-ring (bicyclic) bond motifs is 1. The first-order valence-electron chi connectivity index (χ1n) is 14.8. The van der Waals surface area contributed by atoms with Gasteiger partial charge in [-0.05, 0) is 72.1 Å².